The second-order valence-corrected chi connectivity index (χ2v) is 11.6. The van der Waals surface area contributed by atoms with Crippen molar-refractivity contribution in [3.63, 3.8) is 0 Å². The van der Waals surface area contributed by atoms with Crippen LogP contribution >= 0.6 is 0 Å². The van der Waals surface area contributed by atoms with E-state index in [1.165, 1.54) is 0 Å². The fourth-order valence-corrected chi connectivity index (χ4v) is 4.94. The van der Waals surface area contributed by atoms with E-state index in [1.54, 1.807) is 12.1 Å². The van der Waals surface area contributed by atoms with E-state index in [2.05, 4.69) is 47.6 Å². The minimum atomic E-state index is -1.95. The molecule has 0 aliphatic carbocycles. The second-order valence-electron chi connectivity index (χ2n) is 11.6. The van der Waals surface area contributed by atoms with Crippen molar-refractivity contribution >= 4 is 0 Å². The molecule has 0 atom stereocenters. The van der Waals surface area contributed by atoms with Gasteiger partial charge in [0, 0.05) is 8.22 Å². The van der Waals surface area contributed by atoms with Gasteiger partial charge in [-0.1, -0.05) is 115 Å². The lowest BCUT2D eigenvalue weighted by atomic mass is 9.90. The van der Waals surface area contributed by atoms with E-state index in [9.17, 15) is 5.48 Å². The Bertz CT molecular complexity index is 1370. The maximum Gasteiger partial charge on any atom is 0.0366 e. The largest absolute Gasteiger partial charge is 0.0651 e. The van der Waals surface area contributed by atoms with Crippen molar-refractivity contribution in [1.29, 1.82) is 0 Å². The van der Waals surface area contributed by atoms with Crippen LogP contribution in [0.3, 0.4) is 0 Å². The van der Waals surface area contributed by atoms with Gasteiger partial charge < -0.3 is 0 Å². The molecule has 0 nitrogen and oxygen atoms in total. The third-order valence-corrected chi connectivity index (χ3v) is 6.01. The van der Waals surface area contributed by atoms with Crippen LogP contribution in [0.25, 0.3) is 0 Å². The van der Waals surface area contributed by atoms with Gasteiger partial charge in [-0.15, -0.1) is 0 Å². The summed E-state index contributed by atoms with van der Waals surface area (Å²) in [7, 11) is 0. The van der Waals surface area contributed by atoms with Gasteiger partial charge in [-0.3, -0.25) is 0 Å². The number of hydrogen-bond donors (Lipinski definition) is 0. The molecule has 0 N–H and O–H groups in total. The van der Waals surface area contributed by atoms with Crippen LogP contribution in [0.4, 0.5) is 0 Å². The van der Waals surface area contributed by atoms with Crippen LogP contribution in [-0.4, -0.2) is 0 Å². The molecule has 0 saturated carbocycles. The lowest BCUT2D eigenvalue weighted by molar-refractivity contribution is 0.645. The summed E-state index contributed by atoms with van der Waals surface area (Å²) in [6.07, 6.45) is -2.74. The first-order valence-corrected chi connectivity index (χ1v) is 13.8. The number of hydrogen-bond acceptors (Lipinski definition) is 0. The van der Waals surface area contributed by atoms with Gasteiger partial charge >= 0.3 is 0 Å². The van der Waals surface area contributed by atoms with Crippen LogP contribution in [0.1, 0.15) is 113 Å². The van der Waals surface area contributed by atoms with Gasteiger partial charge in [0.25, 0.3) is 0 Å². The quantitative estimate of drug-likeness (QED) is 0.238. The minimum absolute atomic E-state index is 0.296. The molecule has 0 aliphatic rings. The Morgan fingerprint density at radius 1 is 0.500 bits per heavy atom. The normalized spacial score (nSPS) is 15.4. The zero-order valence-electron chi connectivity index (χ0n) is 29.8. The fourth-order valence-electron chi connectivity index (χ4n) is 4.94. The maximum atomic E-state index is 9.40. The van der Waals surface area contributed by atoms with Crippen LogP contribution in [0.15, 0.2) is 54.6 Å². The predicted octanol–water partition coefficient (Wildman–Crippen LogP) is 9.72. The second kappa shape index (κ2) is 13.3. The van der Waals surface area contributed by atoms with E-state index in [1.807, 2.05) is 50.2 Å². The summed E-state index contributed by atoms with van der Waals surface area (Å²) in [5.41, 5.74) is 6.29. The van der Waals surface area contributed by atoms with Gasteiger partial charge in [-0.25, -0.2) is 0 Å². The molecule has 3 aromatic carbocycles. The molecule has 0 fully saturated rings. The first kappa shape index (κ1) is 20.7. The molecule has 0 unspecified atom stereocenters. The van der Waals surface area contributed by atoms with E-state index in [0.29, 0.717) is 58.4 Å². The van der Waals surface area contributed by atoms with Gasteiger partial charge in [-0.2, -0.15) is 0 Å². The molecule has 0 spiro atoms. The molecule has 0 radical (unpaired) electrons. The molecule has 194 valence electrons. The molecule has 0 heteroatoms. The first-order chi connectivity index (χ1) is 19.3. The van der Waals surface area contributed by atoms with Crippen molar-refractivity contribution in [2.45, 2.75) is 100 Å². The van der Waals surface area contributed by atoms with Crippen LogP contribution in [0, 0.1) is 24.7 Å². The molecule has 0 bridgehead atoms. The Labute approximate surface area is 231 Å². The molecule has 0 amide bonds. The highest BCUT2D eigenvalue weighted by atomic mass is 14.1. The molecule has 0 saturated heterocycles. The molecular formula is C36H50. The molecule has 3 rings (SSSR count). The van der Waals surface area contributed by atoms with Gasteiger partial charge in [0.2, 0.25) is 0 Å². The Morgan fingerprint density at radius 2 is 0.806 bits per heavy atom. The lowest BCUT2D eigenvalue weighted by Gasteiger charge is -2.15. The summed E-state index contributed by atoms with van der Waals surface area (Å²) >= 11 is 0. The zero-order chi connectivity index (χ0) is 31.6. The van der Waals surface area contributed by atoms with Crippen molar-refractivity contribution in [2.24, 2.45) is 17.8 Å². The fraction of sp³-hybridized carbons (Fsp3) is 0.500. The van der Waals surface area contributed by atoms with Crippen molar-refractivity contribution in [3.05, 3.63) is 105 Å². The number of benzene rings is 3. The van der Waals surface area contributed by atoms with Crippen molar-refractivity contribution in [2.75, 3.05) is 0 Å². The van der Waals surface area contributed by atoms with Crippen molar-refractivity contribution < 1.29 is 8.22 Å². The smallest absolute Gasteiger partial charge is 0.0366 e. The summed E-state index contributed by atoms with van der Waals surface area (Å²) in [6.45, 7) is 16.6. The molecular weight excluding hydrogens is 432 g/mol. The Kier molecular flexibility index (Phi) is 7.63. The Morgan fingerprint density at radius 3 is 1.22 bits per heavy atom. The van der Waals surface area contributed by atoms with E-state index in [0.717, 1.165) is 35.1 Å². The average molecular weight is 489 g/mol. The third kappa shape index (κ3) is 9.27. The van der Waals surface area contributed by atoms with E-state index in [4.69, 9.17) is 2.74 Å². The van der Waals surface area contributed by atoms with Gasteiger partial charge in [0.1, 0.15) is 0 Å². The topological polar surface area (TPSA) is 0 Å². The van der Waals surface area contributed by atoms with E-state index in [-0.39, 0.29) is 0 Å². The van der Waals surface area contributed by atoms with E-state index < -0.39 is 19.1 Å². The summed E-state index contributed by atoms with van der Waals surface area (Å²) < 4.78 is 54.6. The number of aryl methyl sites for hydroxylation is 2. The molecule has 0 heterocycles. The lowest BCUT2D eigenvalue weighted by Crippen LogP contribution is -2.02. The van der Waals surface area contributed by atoms with Crippen LogP contribution in [-0.2, 0) is 38.4 Å². The van der Waals surface area contributed by atoms with E-state index >= 15 is 0 Å². The monoisotopic (exact) mass is 488 g/mol. The van der Waals surface area contributed by atoms with Crippen molar-refractivity contribution in [3.8, 4) is 0 Å². The Hall–Kier alpha value is -2.34. The van der Waals surface area contributed by atoms with Crippen LogP contribution in [0.2, 0.25) is 0 Å². The van der Waals surface area contributed by atoms with Gasteiger partial charge in [0.15, 0.2) is 0 Å². The van der Waals surface area contributed by atoms with Gasteiger partial charge in [-0.05, 0) is 108 Å². The van der Waals surface area contributed by atoms with Crippen LogP contribution in [0.5, 0.6) is 0 Å². The molecule has 3 aromatic rings. The molecule has 0 aromatic heterocycles. The number of rotatable bonds is 12. The molecule has 36 heavy (non-hydrogen) atoms. The summed E-state index contributed by atoms with van der Waals surface area (Å²) in [6, 6.07) is 16.9. The van der Waals surface area contributed by atoms with Gasteiger partial charge in [0.05, 0.1) is 0 Å². The summed E-state index contributed by atoms with van der Waals surface area (Å²) in [5, 5.41) is 0. The van der Waals surface area contributed by atoms with Crippen molar-refractivity contribution in [1.82, 2.24) is 0 Å². The zero-order valence-corrected chi connectivity index (χ0v) is 23.8. The average Bonchev–Trinajstić information content (AvgIpc) is 2.86. The minimum Gasteiger partial charge on any atom is -0.0651 e. The Balaban J connectivity index is 2.24. The summed E-state index contributed by atoms with van der Waals surface area (Å²) in [5.74, 6) is 1.11. The predicted molar refractivity (Wildman–Crippen MR) is 159 cm³/mol. The first-order valence-electron chi connectivity index (χ1n) is 16.8. The highest BCUT2D eigenvalue weighted by Crippen LogP contribution is 2.23. The SMILES string of the molecule is [2H]C([2H])(CC)c1cc(CC(C)C)cc(C([2H])([2H])c2cc(CC(C)C)cc(C([2H])([2H])c3cc(C)cc(CC(C)C)c3)c2)c1. The standard InChI is InChI=1S/C36H50/c1-9-10-29-16-31(12-26(4)5)19-34(17-29)23-36-21-32(13-27(6)7)20-35(24-36)22-33-15-28(8)14-30(18-33)11-25(2)3/h14-21,24-27H,9-13,22-23H2,1-8H3/i10D2,22D2,23D2. The van der Waals surface area contributed by atoms with Crippen LogP contribution < -0.4 is 0 Å². The highest BCUT2D eigenvalue weighted by Gasteiger charge is 2.10. The molecule has 0 aliphatic heterocycles. The maximum absolute atomic E-state index is 9.40. The third-order valence-electron chi connectivity index (χ3n) is 6.01. The summed E-state index contributed by atoms with van der Waals surface area (Å²) in [4.78, 5) is 0. The highest BCUT2D eigenvalue weighted by molar-refractivity contribution is 5.40.